The molecule has 118 valence electrons. The first kappa shape index (κ1) is 15.5. The highest BCUT2D eigenvalue weighted by molar-refractivity contribution is 5.31. The van der Waals surface area contributed by atoms with Gasteiger partial charge in [-0.05, 0) is 50.4 Å². The molecule has 22 heavy (non-hydrogen) atoms. The maximum atomic E-state index is 10.7. The van der Waals surface area contributed by atoms with Gasteiger partial charge in [-0.2, -0.15) is 5.26 Å². The van der Waals surface area contributed by atoms with Crippen LogP contribution in [-0.4, -0.2) is 41.4 Å². The number of hydrogen-bond donors (Lipinski definition) is 1. The standard InChI is InChI=1S/C18H24N2O2/c1-18(21)8-10-22-13-16(18)17-3-2-9-20(17)12-15-6-4-14(11-19)5-7-15/h4-7,16-17,21H,2-3,8-10,12-13H2,1H3. The summed E-state index contributed by atoms with van der Waals surface area (Å²) in [4.78, 5) is 2.47. The third kappa shape index (κ3) is 3.17. The zero-order valence-corrected chi connectivity index (χ0v) is 13.2. The lowest BCUT2D eigenvalue weighted by molar-refractivity contribution is -0.123. The molecule has 0 radical (unpaired) electrons. The second kappa shape index (κ2) is 6.37. The summed E-state index contributed by atoms with van der Waals surface area (Å²) in [6, 6.07) is 10.3. The summed E-state index contributed by atoms with van der Waals surface area (Å²) in [5.74, 6) is 0.183. The summed E-state index contributed by atoms with van der Waals surface area (Å²) in [5.41, 5.74) is 1.29. The number of nitrogens with zero attached hydrogens (tertiary/aromatic N) is 2. The van der Waals surface area contributed by atoms with E-state index in [0.717, 1.165) is 25.9 Å². The summed E-state index contributed by atoms with van der Waals surface area (Å²) in [6.45, 7) is 5.21. The Kier molecular flexibility index (Phi) is 4.49. The van der Waals surface area contributed by atoms with Gasteiger partial charge >= 0.3 is 0 Å². The Labute approximate surface area is 132 Å². The van der Waals surface area contributed by atoms with Crippen LogP contribution < -0.4 is 0 Å². The Bertz CT molecular complexity index is 547. The van der Waals surface area contributed by atoms with Crippen LogP contribution in [0.3, 0.4) is 0 Å². The molecule has 0 spiro atoms. The molecule has 2 fully saturated rings. The summed E-state index contributed by atoms with van der Waals surface area (Å²) >= 11 is 0. The molecule has 0 aliphatic carbocycles. The molecule has 2 saturated heterocycles. The smallest absolute Gasteiger partial charge is 0.0991 e. The van der Waals surface area contributed by atoms with Gasteiger partial charge in [-0.25, -0.2) is 0 Å². The molecule has 2 aliphatic rings. The topological polar surface area (TPSA) is 56.5 Å². The molecule has 0 amide bonds. The molecule has 0 aromatic heterocycles. The highest BCUT2D eigenvalue weighted by atomic mass is 16.5. The molecule has 1 aromatic rings. The van der Waals surface area contributed by atoms with Crippen LogP contribution in [0, 0.1) is 17.2 Å². The van der Waals surface area contributed by atoms with Crippen molar-refractivity contribution in [3.05, 3.63) is 35.4 Å². The van der Waals surface area contributed by atoms with E-state index in [2.05, 4.69) is 11.0 Å². The van der Waals surface area contributed by atoms with Gasteiger partial charge in [0.2, 0.25) is 0 Å². The monoisotopic (exact) mass is 300 g/mol. The molecule has 4 heteroatoms. The van der Waals surface area contributed by atoms with Crippen LogP contribution >= 0.6 is 0 Å². The Morgan fingerprint density at radius 2 is 2.18 bits per heavy atom. The number of likely N-dealkylation sites (tertiary alicyclic amines) is 1. The van der Waals surface area contributed by atoms with Gasteiger partial charge in [0.05, 0.1) is 23.8 Å². The van der Waals surface area contributed by atoms with Crippen LogP contribution in [0.15, 0.2) is 24.3 Å². The molecule has 0 saturated carbocycles. The van der Waals surface area contributed by atoms with Crippen molar-refractivity contribution in [1.82, 2.24) is 4.90 Å². The molecule has 3 rings (SSSR count). The zero-order valence-electron chi connectivity index (χ0n) is 13.2. The van der Waals surface area contributed by atoms with Crippen LogP contribution in [0.1, 0.15) is 37.3 Å². The fraction of sp³-hybridized carbons (Fsp3) is 0.611. The Morgan fingerprint density at radius 3 is 2.86 bits per heavy atom. The van der Waals surface area contributed by atoms with Gasteiger partial charge in [0, 0.05) is 25.1 Å². The average Bonchev–Trinajstić information content (AvgIpc) is 2.95. The molecule has 2 heterocycles. The van der Waals surface area contributed by atoms with E-state index in [1.807, 2.05) is 31.2 Å². The average molecular weight is 300 g/mol. The largest absolute Gasteiger partial charge is 0.390 e. The predicted molar refractivity (Wildman–Crippen MR) is 84.1 cm³/mol. The highest BCUT2D eigenvalue weighted by Gasteiger charge is 2.43. The maximum absolute atomic E-state index is 10.7. The van der Waals surface area contributed by atoms with E-state index in [-0.39, 0.29) is 5.92 Å². The van der Waals surface area contributed by atoms with Crippen molar-refractivity contribution in [2.45, 2.75) is 44.4 Å². The molecule has 4 nitrogen and oxygen atoms in total. The van der Waals surface area contributed by atoms with Gasteiger partial charge in [0.15, 0.2) is 0 Å². The summed E-state index contributed by atoms with van der Waals surface area (Å²) in [7, 11) is 0. The molecule has 2 aliphatic heterocycles. The molecule has 0 bridgehead atoms. The van der Waals surface area contributed by atoms with Gasteiger partial charge in [-0.1, -0.05) is 12.1 Å². The highest BCUT2D eigenvalue weighted by Crippen LogP contribution is 2.36. The Morgan fingerprint density at radius 1 is 1.41 bits per heavy atom. The van der Waals surface area contributed by atoms with Crippen molar-refractivity contribution in [2.75, 3.05) is 19.8 Å². The third-order valence-corrected chi connectivity index (χ3v) is 5.20. The van der Waals surface area contributed by atoms with Crippen molar-refractivity contribution in [3.63, 3.8) is 0 Å². The van der Waals surface area contributed by atoms with Crippen LogP contribution in [-0.2, 0) is 11.3 Å². The second-order valence-electron chi connectivity index (χ2n) is 6.78. The van der Waals surface area contributed by atoms with Crippen LogP contribution in [0.25, 0.3) is 0 Å². The Balaban J connectivity index is 1.71. The molecule has 3 atom stereocenters. The Hall–Kier alpha value is -1.41. The van der Waals surface area contributed by atoms with E-state index in [1.54, 1.807) is 0 Å². The number of ether oxygens (including phenoxy) is 1. The lowest BCUT2D eigenvalue weighted by Crippen LogP contribution is -2.52. The molecular formula is C18H24N2O2. The van der Waals surface area contributed by atoms with Crippen molar-refractivity contribution in [3.8, 4) is 6.07 Å². The van der Waals surface area contributed by atoms with Crippen molar-refractivity contribution >= 4 is 0 Å². The number of hydrogen-bond acceptors (Lipinski definition) is 4. The van der Waals surface area contributed by atoms with Gasteiger partial charge in [-0.3, -0.25) is 4.90 Å². The van der Waals surface area contributed by atoms with Gasteiger partial charge in [0.25, 0.3) is 0 Å². The van der Waals surface area contributed by atoms with E-state index < -0.39 is 5.60 Å². The van der Waals surface area contributed by atoms with Crippen molar-refractivity contribution < 1.29 is 9.84 Å². The second-order valence-corrected chi connectivity index (χ2v) is 6.78. The minimum Gasteiger partial charge on any atom is -0.390 e. The van der Waals surface area contributed by atoms with E-state index >= 15 is 0 Å². The lowest BCUT2D eigenvalue weighted by atomic mass is 9.79. The van der Waals surface area contributed by atoms with Gasteiger partial charge in [-0.15, -0.1) is 0 Å². The van der Waals surface area contributed by atoms with E-state index in [0.29, 0.717) is 24.8 Å². The number of aliphatic hydroxyl groups is 1. The minimum atomic E-state index is -0.629. The van der Waals surface area contributed by atoms with Crippen molar-refractivity contribution in [2.24, 2.45) is 5.92 Å². The minimum absolute atomic E-state index is 0.183. The van der Waals surface area contributed by atoms with E-state index in [9.17, 15) is 5.11 Å². The van der Waals surface area contributed by atoms with E-state index in [4.69, 9.17) is 10.00 Å². The fourth-order valence-electron chi connectivity index (χ4n) is 3.80. The van der Waals surface area contributed by atoms with Gasteiger partial charge in [0.1, 0.15) is 0 Å². The molecule has 3 unspecified atom stereocenters. The first-order valence-electron chi connectivity index (χ1n) is 8.13. The SMILES string of the molecule is CC1(O)CCOCC1C1CCCN1Cc1ccc(C#N)cc1. The normalized spacial score (nSPS) is 32.8. The van der Waals surface area contributed by atoms with Crippen LogP contribution in [0.4, 0.5) is 0 Å². The third-order valence-electron chi connectivity index (χ3n) is 5.20. The van der Waals surface area contributed by atoms with Crippen molar-refractivity contribution in [1.29, 1.82) is 5.26 Å². The molecular weight excluding hydrogens is 276 g/mol. The van der Waals surface area contributed by atoms with Gasteiger partial charge < -0.3 is 9.84 Å². The summed E-state index contributed by atoms with van der Waals surface area (Å²) in [5, 5.41) is 19.6. The number of nitriles is 1. The number of benzene rings is 1. The van der Waals surface area contributed by atoms with E-state index in [1.165, 1.54) is 12.0 Å². The molecule has 1 aromatic carbocycles. The fourth-order valence-corrected chi connectivity index (χ4v) is 3.80. The van der Waals surface area contributed by atoms with Crippen LogP contribution in [0.2, 0.25) is 0 Å². The summed E-state index contributed by atoms with van der Waals surface area (Å²) in [6.07, 6.45) is 3.02. The maximum Gasteiger partial charge on any atom is 0.0991 e. The predicted octanol–water partition coefficient (Wildman–Crippen LogP) is 2.31. The first-order valence-corrected chi connectivity index (χ1v) is 8.13. The molecule has 1 N–H and O–H groups in total. The lowest BCUT2D eigenvalue weighted by Gasteiger charge is -2.43. The zero-order chi connectivity index (χ0) is 15.6. The van der Waals surface area contributed by atoms with Crippen LogP contribution in [0.5, 0.6) is 0 Å². The summed E-state index contributed by atoms with van der Waals surface area (Å²) < 4.78 is 5.64. The first-order chi connectivity index (χ1) is 10.6. The number of rotatable bonds is 3. The quantitative estimate of drug-likeness (QED) is 0.930.